The molecule has 0 spiro atoms. The lowest BCUT2D eigenvalue weighted by molar-refractivity contribution is -0.133. The van der Waals surface area contributed by atoms with Gasteiger partial charge in [0.2, 0.25) is 11.6 Å². The Bertz CT molecular complexity index is 596. The highest BCUT2D eigenvalue weighted by Gasteiger charge is 2.16. The van der Waals surface area contributed by atoms with Crippen molar-refractivity contribution in [2.75, 3.05) is 5.88 Å². The van der Waals surface area contributed by atoms with Gasteiger partial charge in [0.25, 0.3) is 5.89 Å². The molecule has 0 unspecified atom stereocenters. The summed E-state index contributed by atoms with van der Waals surface area (Å²) in [5, 5.41) is 7.61. The van der Waals surface area contributed by atoms with Gasteiger partial charge in [0, 0.05) is 5.56 Å². The van der Waals surface area contributed by atoms with E-state index in [1.54, 1.807) is 0 Å². The van der Waals surface area contributed by atoms with Crippen LogP contribution in [0.5, 0.6) is 0 Å². The lowest BCUT2D eigenvalue weighted by Crippen LogP contribution is -2.04. The highest BCUT2D eigenvalue weighted by Crippen LogP contribution is 2.22. The summed E-state index contributed by atoms with van der Waals surface area (Å²) in [7, 11) is 0. The summed E-state index contributed by atoms with van der Waals surface area (Å²) in [5.41, 5.74) is 1.78. The van der Waals surface area contributed by atoms with Crippen molar-refractivity contribution in [1.82, 2.24) is 10.2 Å². The van der Waals surface area contributed by atoms with Gasteiger partial charge in [0.1, 0.15) is 5.88 Å². The van der Waals surface area contributed by atoms with Gasteiger partial charge in [-0.15, -0.1) is 21.8 Å². The molecule has 1 aromatic carbocycles. The third-order valence-electron chi connectivity index (χ3n) is 2.09. The number of carbonyl (C=O) groups is 1. The normalized spacial score (nSPS) is 11.4. The number of nitrogens with zero attached hydrogens (tertiary/aromatic N) is 2. The number of rotatable bonds is 4. The average Bonchev–Trinajstić information content (AvgIpc) is 2.95. The molecular weight excluding hydrogens is 291 g/mol. The smallest absolute Gasteiger partial charge is 0.326 e. The number of hydrogen-bond acceptors (Lipinski definition) is 5. The van der Waals surface area contributed by atoms with Crippen LogP contribution < -0.4 is 0 Å². The Morgan fingerprint density at radius 3 is 2.68 bits per heavy atom. The van der Waals surface area contributed by atoms with E-state index in [2.05, 4.69) is 10.2 Å². The maximum Gasteiger partial charge on any atom is 0.326 e. The zero-order valence-corrected chi connectivity index (χ0v) is 11.1. The van der Waals surface area contributed by atoms with Crippen molar-refractivity contribution in [1.29, 1.82) is 0 Å². The summed E-state index contributed by atoms with van der Waals surface area (Å²) < 4.78 is 10.2. The summed E-state index contributed by atoms with van der Waals surface area (Å²) in [6, 6.07) is 9.17. The highest BCUT2D eigenvalue weighted by atomic mass is 35.5. The monoisotopic (exact) mass is 298 g/mol. The summed E-state index contributed by atoms with van der Waals surface area (Å²) in [6.07, 6.45) is 0. The molecule has 2 aromatic rings. The Hall–Kier alpha value is -1.85. The van der Waals surface area contributed by atoms with Gasteiger partial charge < -0.3 is 9.15 Å². The van der Waals surface area contributed by atoms with Crippen LogP contribution in [-0.4, -0.2) is 22.0 Å². The van der Waals surface area contributed by atoms with Gasteiger partial charge in [-0.3, -0.25) is 4.79 Å². The third-order valence-corrected chi connectivity index (χ3v) is 2.50. The third kappa shape index (κ3) is 3.33. The molecule has 0 N–H and O–H groups in total. The predicted octanol–water partition coefficient (Wildman–Crippen LogP) is 3.06. The van der Waals surface area contributed by atoms with Crippen molar-refractivity contribution >= 4 is 34.9 Å². The van der Waals surface area contributed by atoms with Crippen molar-refractivity contribution < 1.29 is 13.9 Å². The maximum atomic E-state index is 11.1. The predicted molar refractivity (Wildman–Crippen MR) is 70.4 cm³/mol. The van der Waals surface area contributed by atoms with Crippen LogP contribution in [-0.2, 0) is 9.53 Å². The molecule has 0 amide bonds. The fourth-order valence-electron chi connectivity index (χ4n) is 1.28. The summed E-state index contributed by atoms with van der Waals surface area (Å²) >= 11 is 10.9. The molecule has 0 saturated heterocycles. The first-order chi connectivity index (χ1) is 9.24. The Balaban J connectivity index is 2.23. The van der Waals surface area contributed by atoms with Crippen molar-refractivity contribution in [3.63, 3.8) is 0 Å². The lowest BCUT2D eigenvalue weighted by Gasteiger charge is -2.00. The van der Waals surface area contributed by atoms with Crippen LogP contribution in [0.2, 0.25) is 0 Å². The Morgan fingerprint density at radius 2 is 2.05 bits per heavy atom. The number of alkyl halides is 1. The maximum absolute atomic E-state index is 11.1. The lowest BCUT2D eigenvalue weighted by atomic mass is 10.2. The first-order valence-corrected chi connectivity index (χ1v) is 6.18. The van der Waals surface area contributed by atoms with Gasteiger partial charge in [-0.2, -0.15) is 0 Å². The second-order valence-corrected chi connectivity index (χ2v) is 3.84. The quantitative estimate of drug-likeness (QED) is 0.493. The minimum atomic E-state index is -0.659. The summed E-state index contributed by atoms with van der Waals surface area (Å²) in [6.45, 7) is 0. The van der Waals surface area contributed by atoms with Gasteiger partial charge >= 0.3 is 5.97 Å². The molecule has 0 bridgehead atoms. The molecule has 2 rings (SSSR count). The number of hydrogen-bond donors (Lipinski definition) is 0. The minimum absolute atomic E-state index is 0.00678. The molecule has 0 aliphatic heterocycles. The van der Waals surface area contributed by atoms with Crippen LogP contribution in [0, 0.1) is 0 Å². The largest absolute Gasteiger partial charge is 0.419 e. The molecule has 0 fully saturated rings. The first-order valence-electron chi connectivity index (χ1n) is 5.21. The molecule has 7 heteroatoms. The van der Waals surface area contributed by atoms with Gasteiger partial charge in [0.05, 0.1) is 5.54 Å². The van der Waals surface area contributed by atoms with Gasteiger partial charge in [0.15, 0.2) is 0 Å². The van der Waals surface area contributed by atoms with Crippen LogP contribution in [0.1, 0.15) is 5.89 Å². The molecular formula is C12H8Cl2N2O3. The van der Waals surface area contributed by atoms with Gasteiger partial charge in [-0.25, -0.2) is 0 Å². The molecule has 0 radical (unpaired) electrons. The van der Waals surface area contributed by atoms with E-state index in [4.69, 9.17) is 32.4 Å². The number of halogens is 2. The topological polar surface area (TPSA) is 65.2 Å². The number of aromatic nitrogens is 2. The fraction of sp³-hybridized carbons (Fsp3) is 0.0833. The van der Waals surface area contributed by atoms with Crippen molar-refractivity contribution in [2.45, 2.75) is 0 Å². The van der Waals surface area contributed by atoms with E-state index in [-0.39, 0.29) is 17.5 Å². The average molecular weight is 299 g/mol. The molecule has 1 heterocycles. The van der Waals surface area contributed by atoms with Crippen molar-refractivity contribution in [3.05, 3.63) is 41.8 Å². The number of esters is 1. The molecule has 0 aliphatic carbocycles. The van der Waals surface area contributed by atoms with E-state index in [0.29, 0.717) is 5.89 Å². The van der Waals surface area contributed by atoms with Crippen LogP contribution in [0.15, 0.2) is 40.3 Å². The minimum Gasteiger partial charge on any atom is -0.419 e. The van der Waals surface area contributed by atoms with E-state index < -0.39 is 5.97 Å². The first kappa shape index (κ1) is 13.6. The number of carbonyl (C=O) groups excluding carboxylic acids is 1. The Kier molecular flexibility index (Phi) is 4.54. The van der Waals surface area contributed by atoms with Gasteiger partial charge in [-0.1, -0.05) is 29.8 Å². The Labute approximate surface area is 118 Å². The van der Waals surface area contributed by atoms with E-state index >= 15 is 0 Å². The Morgan fingerprint density at radius 1 is 1.32 bits per heavy atom. The molecule has 19 heavy (non-hydrogen) atoms. The van der Waals surface area contributed by atoms with E-state index in [1.165, 1.54) is 0 Å². The summed E-state index contributed by atoms with van der Waals surface area (Å²) in [4.78, 5) is 11.1. The van der Waals surface area contributed by atoms with Crippen molar-refractivity contribution in [2.24, 2.45) is 0 Å². The van der Waals surface area contributed by atoms with E-state index in [1.807, 2.05) is 30.3 Å². The molecule has 5 nitrogen and oxygen atoms in total. The second kappa shape index (κ2) is 6.36. The van der Waals surface area contributed by atoms with Crippen LogP contribution in [0.25, 0.3) is 17.2 Å². The van der Waals surface area contributed by atoms with Crippen LogP contribution in [0.3, 0.4) is 0 Å². The van der Waals surface area contributed by atoms with Crippen LogP contribution >= 0.6 is 23.2 Å². The second-order valence-electron chi connectivity index (χ2n) is 3.36. The highest BCUT2D eigenvalue weighted by molar-refractivity contribution is 6.29. The molecule has 98 valence electrons. The van der Waals surface area contributed by atoms with E-state index in [0.717, 1.165) is 11.1 Å². The molecule has 0 saturated carbocycles. The van der Waals surface area contributed by atoms with Crippen LogP contribution in [0.4, 0.5) is 0 Å². The molecule has 1 aromatic heterocycles. The van der Waals surface area contributed by atoms with Crippen molar-refractivity contribution in [3.8, 4) is 11.5 Å². The van der Waals surface area contributed by atoms with Gasteiger partial charge in [-0.05, 0) is 12.1 Å². The standard InChI is InChI=1S/C12H8Cl2N2O3/c13-6-9(18-10(17)7-14)12-16-15-11(19-12)8-4-2-1-3-5-8/h1-6H,7H2/b9-6+. The molecule has 0 atom stereocenters. The zero-order chi connectivity index (χ0) is 13.7. The summed E-state index contributed by atoms with van der Waals surface area (Å²) in [5.74, 6) is -0.690. The van der Waals surface area contributed by atoms with E-state index in [9.17, 15) is 4.79 Å². The SMILES string of the molecule is O=C(CCl)O/C(=C/Cl)c1nnc(-c2ccccc2)o1. The number of ether oxygens (including phenoxy) is 1. The fourth-order valence-corrected chi connectivity index (χ4v) is 1.48. The number of benzene rings is 1. The zero-order valence-electron chi connectivity index (χ0n) is 9.55. The molecule has 0 aliphatic rings.